The van der Waals surface area contributed by atoms with E-state index >= 15 is 0 Å². The minimum Gasteiger partial charge on any atom is -0.399 e. The predicted molar refractivity (Wildman–Crippen MR) is 88.7 cm³/mol. The first-order valence-corrected chi connectivity index (χ1v) is 7.91. The molecule has 1 fully saturated rings. The highest BCUT2D eigenvalue weighted by atomic mass is 16.2. The number of benzene rings is 1. The third-order valence-electron chi connectivity index (χ3n) is 4.96. The molecular formula is C18H26N2O. The summed E-state index contributed by atoms with van der Waals surface area (Å²) in [4.78, 5) is 14.2. The van der Waals surface area contributed by atoms with Gasteiger partial charge in [0, 0.05) is 24.9 Å². The van der Waals surface area contributed by atoms with E-state index in [-0.39, 0.29) is 5.91 Å². The third kappa shape index (κ3) is 3.87. The van der Waals surface area contributed by atoms with Crippen LogP contribution in [-0.4, -0.2) is 23.9 Å². The van der Waals surface area contributed by atoms with E-state index in [2.05, 4.69) is 13.8 Å². The van der Waals surface area contributed by atoms with Crippen molar-refractivity contribution in [3.63, 3.8) is 0 Å². The lowest BCUT2D eigenvalue weighted by Gasteiger charge is -2.40. The zero-order valence-corrected chi connectivity index (χ0v) is 13.1. The Morgan fingerprint density at radius 1 is 1.29 bits per heavy atom. The summed E-state index contributed by atoms with van der Waals surface area (Å²) in [6, 6.07) is 7.57. The van der Waals surface area contributed by atoms with E-state index in [1.54, 1.807) is 6.08 Å². The van der Waals surface area contributed by atoms with E-state index in [1.165, 1.54) is 12.8 Å². The van der Waals surface area contributed by atoms with Crippen LogP contribution in [0, 0.1) is 5.41 Å². The second-order valence-corrected chi connectivity index (χ2v) is 6.04. The molecule has 0 atom stereocenters. The Kier molecular flexibility index (Phi) is 5.05. The smallest absolute Gasteiger partial charge is 0.246 e. The van der Waals surface area contributed by atoms with Crippen LogP contribution in [0.4, 0.5) is 5.69 Å². The van der Waals surface area contributed by atoms with E-state index in [0.29, 0.717) is 5.41 Å². The van der Waals surface area contributed by atoms with Crippen molar-refractivity contribution < 1.29 is 4.79 Å². The molecule has 0 unspecified atom stereocenters. The number of nitrogens with zero attached hydrogens (tertiary/aromatic N) is 1. The Bertz CT molecular complexity index is 508. The first kappa shape index (κ1) is 15.6. The Morgan fingerprint density at radius 3 is 2.52 bits per heavy atom. The monoisotopic (exact) mass is 286 g/mol. The molecular weight excluding hydrogens is 260 g/mol. The summed E-state index contributed by atoms with van der Waals surface area (Å²) < 4.78 is 0. The maximum absolute atomic E-state index is 12.3. The van der Waals surface area contributed by atoms with Gasteiger partial charge in [0.15, 0.2) is 0 Å². The summed E-state index contributed by atoms with van der Waals surface area (Å²) in [5.41, 5.74) is 7.88. The largest absolute Gasteiger partial charge is 0.399 e. The number of nitrogens with two attached hydrogens (primary N) is 1. The van der Waals surface area contributed by atoms with Gasteiger partial charge < -0.3 is 10.6 Å². The summed E-state index contributed by atoms with van der Waals surface area (Å²) in [7, 11) is 0. The first-order valence-electron chi connectivity index (χ1n) is 7.91. The van der Waals surface area contributed by atoms with Gasteiger partial charge in [-0.05, 0) is 42.0 Å². The van der Waals surface area contributed by atoms with Crippen LogP contribution in [0.1, 0.15) is 45.1 Å². The van der Waals surface area contributed by atoms with Gasteiger partial charge in [-0.1, -0.05) is 38.8 Å². The molecule has 1 aliphatic rings. The molecule has 0 bridgehead atoms. The molecule has 1 heterocycles. The lowest BCUT2D eigenvalue weighted by atomic mass is 9.74. The normalized spacial score (nSPS) is 18.1. The molecule has 0 radical (unpaired) electrons. The highest BCUT2D eigenvalue weighted by Crippen LogP contribution is 2.37. The standard InChI is InChI=1S/C18H26N2O/c1-3-18(4-2)10-12-20(13-11-18)17(21)9-8-15-6-5-7-16(19)14-15/h5-9,14H,3-4,10-13,19H2,1-2H3/b9-8+. The van der Waals surface area contributed by atoms with Gasteiger partial charge in [0.05, 0.1) is 0 Å². The van der Waals surface area contributed by atoms with Gasteiger partial charge in [0.25, 0.3) is 0 Å². The van der Waals surface area contributed by atoms with Gasteiger partial charge in [-0.15, -0.1) is 0 Å². The maximum atomic E-state index is 12.3. The molecule has 0 aromatic heterocycles. The Balaban J connectivity index is 1.93. The van der Waals surface area contributed by atoms with Gasteiger partial charge in [0.2, 0.25) is 5.91 Å². The van der Waals surface area contributed by atoms with Crippen molar-refractivity contribution in [2.75, 3.05) is 18.8 Å². The Morgan fingerprint density at radius 2 is 1.95 bits per heavy atom. The van der Waals surface area contributed by atoms with Crippen molar-refractivity contribution >= 4 is 17.7 Å². The van der Waals surface area contributed by atoms with Crippen LogP contribution in [0.3, 0.4) is 0 Å². The zero-order valence-electron chi connectivity index (χ0n) is 13.1. The van der Waals surface area contributed by atoms with E-state index in [0.717, 1.165) is 37.2 Å². The lowest BCUT2D eigenvalue weighted by molar-refractivity contribution is -0.128. The zero-order chi connectivity index (χ0) is 15.3. The van der Waals surface area contributed by atoms with Crippen LogP contribution in [0.25, 0.3) is 6.08 Å². The summed E-state index contributed by atoms with van der Waals surface area (Å²) in [6.45, 7) is 6.28. The molecule has 2 N–H and O–H groups in total. The summed E-state index contributed by atoms with van der Waals surface area (Å²) >= 11 is 0. The molecule has 1 amide bonds. The van der Waals surface area contributed by atoms with Crippen molar-refractivity contribution in [3.05, 3.63) is 35.9 Å². The molecule has 1 saturated heterocycles. The molecule has 1 aromatic carbocycles. The summed E-state index contributed by atoms with van der Waals surface area (Å²) in [5, 5.41) is 0. The SMILES string of the molecule is CCC1(CC)CCN(C(=O)/C=C/c2cccc(N)c2)CC1. The fraction of sp³-hybridized carbons (Fsp3) is 0.500. The lowest BCUT2D eigenvalue weighted by Crippen LogP contribution is -2.42. The van der Waals surface area contributed by atoms with Crippen LogP contribution in [-0.2, 0) is 4.79 Å². The highest BCUT2D eigenvalue weighted by molar-refractivity contribution is 5.92. The van der Waals surface area contributed by atoms with E-state index in [1.807, 2.05) is 35.2 Å². The molecule has 0 spiro atoms. The number of carbonyl (C=O) groups is 1. The average Bonchev–Trinajstić information content (AvgIpc) is 2.53. The number of hydrogen-bond donors (Lipinski definition) is 1. The van der Waals surface area contributed by atoms with Gasteiger partial charge in [-0.2, -0.15) is 0 Å². The fourth-order valence-corrected chi connectivity index (χ4v) is 3.09. The summed E-state index contributed by atoms with van der Waals surface area (Å²) in [6.07, 6.45) is 8.19. The van der Waals surface area contributed by atoms with Crippen LogP contribution in [0.5, 0.6) is 0 Å². The van der Waals surface area contributed by atoms with Gasteiger partial charge >= 0.3 is 0 Å². The fourth-order valence-electron chi connectivity index (χ4n) is 3.09. The second-order valence-electron chi connectivity index (χ2n) is 6.04. The Hall–Kier alpha value is -1.77. The van der Waals surface area contributed by atoms with Crippen molar-refractivity contribution in [1.82, 2.24) is 4.90 Å². The van der Waals surface area contributed by atoms with Crippen LogP contribution in [0.15, 0.2) is 30.3 Å². The number of piperidine rings is 1. The maximum Gasteiger partial charge on any atom is 0.246 e. The van der Waals surface area contributed by atoms with Crippen molar-refractivity contribution in [3.8, 4) is 0 Å². The minimum atomic E-state index is 0.109. The van der Waals surface area contributed by atoms with Gasteiger partial charge in [-0.3, -0.25) is 4.79 Å². The van der Waals surface area contributed by atoms with E-state index < -0.39 is 0 Å². The Labute approximate surface area is 127 Å². The van der Waals surface area contributed by atoms with Gasteiger partial charge in [-0.25, -0.2) is 0 Å². The highest BCUT2D eigenvalue weighted by Gasteiger charge is 2.32. The molecule has 0 aliphatic carbocycles. The molecule has 0 saturated carbocycles. The van der Waals surface area contributed by atoms with Crippen molar-refractivity contribution in [1.29, 1.82) is 0 Å². The molecule has 3 heteroatoms. The predicted octanol–water partition coefficient (Wildman–Crippen LogP) is 3.71. The third-order valence-corrected chi connectivity index (χ3v) is 4.96. The molecule has 1 aromatic rings. The van der Waals surface area contributed by atoms with Crippen molar-refractivity contribution in [2.45, 2.75) is 39.5 Å². The minimum absolute atomic E-state index is 0.109. The summed E-state index contributed by atoms with van der Waals surface area (Å²) in [5.74, 6) is 0.109. The quantitative estimate of drug-likeness (QED) is 0.677. The van der Waals surface area contributed by atoms with Crippen LogP contribution >= 0.6 is 0 Å². The van der Waals surface area contributed by atoms with E-state index in [9.17, 15) is 4.79 Å². The number of carbonyl (C=O) groups excluding carboxylic acids is 1. The molecule has 3 nitrogen and oxygen atoms in total. The topological polar surface area (TPSA) is 46.3 Å². The number of hydrogen-bond acceptors (Lipinski definition) is 2. The van der Waals surface area contributed by atoms with Gasteiger partial charge in [0.1, 0.15) is 0 Å². The molecule has 1 aliphatic heterocycles. The number of rotatable bonds is 4. The van der Waals surface area contributed by atoms with Crippen LogP contribution in [0.2, 0.25) is 0 Å². The number of nitrogen functional groups attached to an aromatic ring is 1. The number of amides is 1. The molecule has 21 heavy (non-hydrogen) atoms. The average molecular weight is 286 g/mol. The van der Waals surface area contributed by atoms with Crippen molar-refractivity contribution in [2.24, 2.45) is 5.41 Å². The first-order chi connectivity index (χ1) is 10.1. The molecule has 114 valence electrons. The molecule has 2 rings (SSSR count). The van der Waals surface area contributed by atoms with Crippen LogP contribution < -0.4 is 5.73 Å². The number of anilines is 1. The van der Waals surface area contributed by atoms with E-state index in [4.69, 9.17) is 5.73 Å². The second kappa shape index (κ2) is 6.79. The number of likely N-dealkylation sites (tertiary alicyclic amines) is 1.